The summed E-state index contributed by atoms with van der Waals surface area (Å²) in [5, 5.41) is 9.16. The molecule has 0 unspecified atom stereocenters. The predicted octanol–water partition coefficient (Wildman–Crippen LogP) is 1.76. The quantitative estimate of drug-likeness (QED) is 0.896. The number of alkyl halides is 2. The Kier molecular flexibility index (Phi) is 4.98. The molecule has 0 radical (unpaired) electrons. The van der Waals surface area contributed by atoms with Crippen molar-refractivity contribution in [1.29, 1.82) is 0 Å². The number of nitrogens with zero attached hydrogens (tertiary/aromatic N) is 1. The van der Waals surface area contributed by atoms with Crippen LogP contribution >= 0.6 is 0 Å². The molecule has 1 aliphatic rings. The van der Waals surface area contributed by atoms with Crippen molar-refractivity contribution in [2.75, 3.05) is 6.54 Å². The molecule has 2 rings (SSSR count). The van der Waals surface area contributed by atoms with E-state index in [-0.39, 0.29) is 12.1 Å². The lowest BCUT2D eigenvalue weighted by Crippen LogP contribution is -2.47. The lowest BCUT2D eigenvalue weighted by atomic mass is 10.0. The number of halogens is 2. The minimum Gasteiger partial charge on any atom is -0.480 e. The van der Waals surface area contributed by atoms with Crippen LogP contribution in [0.1, 0.15) is 29.6 Å². The van der Waals surface area contributed by atoms with E-state index in [9.17, 15) is 26.8 Å². The second-order valence-electron chi connectivity index (χ2n) is 5.18. The largest absolute Gasteiger partial charge is 0.480 e. The molecule has 0 bridgehead atoms. The van der Waals surface area contributed by atoms with Gasteiger partial charge in [0.15, 0.2) is 0 Å². The van der Waals surface area contributed by atoms with Crippen LogP contribution in [0.4, 0.5) is 8.78 Å². The molecule has 23 heavy (non-hydrogen) atoms. The maximum atomic E-state index is 12.5. The van der Waals surface area contributed by atoms with Crippen LogP contribution in [0, 0.1) is 0 Å². The molecule has 6 nitrogen and oxygen atoms in total. The third-order valence-corrected chi connectivity index (χ3v) is 5.11. The molecule has 126 valence electrons. The summed E-state index contributed by atoms with van der Waals surface area (Å²) < 4.78 is 47.6. The molecule has 1 aliphatic heterocycles. The van der Waals surface area contributed by atoms with Crippen molar-refractivity contribution in [3.63, 3.8) is 0 Å². The Morgan fingerprint density at radius 1 is 1.17 bits per heavy atom. The van der Waals surface area contributed by atoms with Gasteiger partial charge in [-0.25, -0.2) is 13.2 Å². The van der Waals surface area contributed by atoms with Gasteiger partial charge in [0.05, 0.1) is 4.90 Å². The number of benzene rings is 1. The van der Waals surface area contributed by atoms with Crippen molar-refractivity contribution in [3.8, 4) is 0 Å². The number of hydrogen-bond acceptors (Lipinski definition) is 4. The number of carbonyl (C=O) groups excluding carboxylic acids is 1. The molecule has 1 aromatic carbocycles. The summed E-state index contributed by atoms with van der Waals surface area (Å²) >= 11 is 0. The molecule has 0 spiro atoms. The van der Waals surface area contributed by atoms with Crippen molar-refractivity contribution in [3.05, 3.63) is 29.8 Å². The van der Waals surface area contributed by atoms with Gasteiger partial charge in [-0.1, -0.05) is 0 Å². The molecule has 1 saturated heterocycles. The highest BCUT2D eigenvalue weighted by Crippen LogP contribution is 2.22. The molecule has 0 saturated carbocycles. The summed E-state index contributed by atoms with van der Waals surface area (Å²) in [4.78, 5) is 24.2. The van der Waals surface area contributed by atoms with Crippen molar-refractivity contribution in [1.82, 2.24) is 4.90 Å². The summed E-state index contributed by atoms with van der Waals surface area (Å²) in [6.45, 7) is 0.285. The van der Waals surface area contributed by atoms with E-state index in [0.29, 0.717) is 19.3 Å². The van der Waals surface area contributed by atoms with E-state index in [1.54, 1.807) is 0 Å². The normalized spacial score (nSPS) is 18.9. The number of amides is 1. The summed E-state index contributed by atoms with van der Waals surface area (Å²) in [6.07, 6.45) is 1.72. The highest BCUT2D eigenvalue weighted by Gasteiger charge is 2.33. The first-order valence-electron chi connectivity index (χ1n) is 6.91. The average molecular weight is 347 g/mol. The number of carbonyl (C=O) groups is 2. The lowest BCUT2D eigenvalue weighted by molar-refractivity contribution is -0.143. The van der Waals surface area contributed by atoms with Gasteiger partial charge in [0, 0.05) is 12.1 Å². The van der Waals surface area contributed by atoms with Crippen molar-refractivity contribution >= 4 is 21.7 Å². The van der Waals surface area contributed by atoms with Crippen LogP contribution in [0.15, 0.2) is 29.2 Å². The van der Waals surface area contributed by atoms with E-state index in [4.69, 9.17) is 5.11 Å². The number of likely N-dealkylation sites (tertiary alicyclic amines) is 1. The third kappa shape index (κ3) is 3.49. The van der Waals surface area contributed by atoms with Crippen LogP contribution in [-0.4, -0.2) is 48.6 Å². The lowest BCUT2D eigenvalue weighted by Gasteiger charge is -2.33. The first kappa shape index (κ1) is 17.3. The van der Waals surface area contributed by atoms with Crippen LogP contribution in [0.3, 0.4) is 0 Å². The summed E-state index contributed by atoms with van der Waals surface area (Å²) in [7, 11) is -4.72. The Hall–Kier alpha value is -2.03. The highest BCUT2D eigenvalue weighted by atomic mass is 32.2. The number of carboxylic acid groups (broad SMARTS) is 1. The van der Waals surface area contributed by atoms with Gasteiger partial charge in [-0.05, 0) is 43.5 Å². The molecule has 0 aliphatic carbocycles. The first-order valence-corrected chi connectivity index (χ1v) is 8.45. The molecule has 0 aromatic heterocycles. The summed E-state index contributed by atoms with van der Waals surface area (Å²) in [5.74, 6) is -5.20. The fourth-order valence-electron chi connectivity index (χ4n) is 2.49. The molecule has 1 amide bonds. The molecule has 1 fully saturated rings. The van der Waals surface area contributed by atoms with E-state index >= 15 is 0 Å². The SMILES string of the molecule is O=C(O)[C@H]1CCCCN1C(=O)c1ccc(S(=O)(=O)C(F)F)cc1. The number of rotatable bonds is 4. The monoisotopic (exact) mass is 347 g/mol. The molecular formula is C14H15F2NO5S. The third-order valence-electron chi connectivity index (χ3n) is 3.71. The van der Waals surface area contributed by atoms with E-state index in [1.165, 1.54) is 4.90 Å². The second-order valence-corrected chi connectivity index (χ2v) is 7.10. The minimum absolute atomic E-state index is 0.0615. The Balaban J connectivity index is 2.25. The fraction of sp³-hybridized carbons (Fsp3) is 0.429. The molecule has 1 heterocycles. The first-order chi connectivity index (χ1) is 10.7. The number of aliphatic carboxylic acids is 1. The van der Waals surface area contributed by atoms with Crippen LogP contribution in [0.25, 0.3) is 0 Å². The van der Waals surface area contributed by atoms with Crippen LogP contribution in [-0.2, 0) is 14.6 Å². The predicted molar refractivity (Wildman–Crippen MR) is 75.9 cm³/mol. The van der Waals surface area contributed by atoms with Gasteiger partial charge in [-0.15, -0.1) is 0 Å². The van der Waals surface area contributed by atoms with Gasteiger partial charge in [-0.2, -0.15) is 8.78 Å². The summed E-state index contributed by atoms with van der Waals surface area (Å²) in [6, 6.07) is 3.15. The smallest absolute Gasteiger partial charge is 0.341 e. The Morgan fingerprint density at radius 2 is 1.78 bits per heavy atom. The van der Waals surface area contributed by atoms with Gasteiger partial charge in [0.25, 0.3) is 5.91 Å². The fourth-order valence-corrected chi connectivity index (χ4v) is 3.21. The Bertz CT molecular complexity index is 702. The topological polar surface area (TPSA) is 91.8 Å². The average Bonchev–Trinajstić information content (AvgIpc) is 2.54. The van der Waals surface area contributed by atoms with E-state index < -0.39 is 38.4 Å². The number of hydrogen-bond donors (Lipinski definition) is 1. The van der Waals surface area contributed by atoms with Crippen LogP contribution in [0.2, 0.25) is 0 Å². The van der Waals surface area contributed by atoms with Gasteiger partial charge >= 0.3 is 11.7 Å². The molecule has 1 N–H and O–H groups in total. The van der Waals surface area contributed by atoms with Crippen molar-refractivity contribution in [2.24, 2.45) is 0 Å². The van der Waals surface area contributed by atoms with E-state index in [0.717, 1.165) is 24.3 Å². The number of carboxylic acids is 1. The standard InChI is InChI=1S/C14H15F2NO5S/c15-14(16)23(21,22)10-6-4-9(5-7-10)12(18)17-8-2-1-3-11(17)13(19)20/h4-7,11,14H,1-3,8H2,(H,19,20)/t11-/m1/s1. The summed E-state index contributed by atoms with van der Waals surface area (Å²) in [5.41, 5.74) is 0.0615. The maximum absolute atomic E-state index is 12.5. The number of sulfone groups is 1. The number of piperidine rings is 1. The minimum atomic E-state index is -4.72. The molecule has 9 heteroatoms. The zero-order chi connectivity index (χ0) is 17.2. The maximum Gasteiger partial charge on any atom is 0.341 e. The Morgan fingerprint density at radius 3 is 2.30 bits per heavy atom. The van der Waals surface area contributed by atoms with Crippen LogP contribution < -0.4 is 0 Å². The Labute approximate surface area is 131 Å². The molecule has 1 atom stereocenters. The molecular weight excluding hydrogens is 332 g/mol. The molecule has 1 aromatic rings. The van der Waals surface area contributed by atoms with E-state index in [2.05, 4.69) is 0 Å². The zero-order valence-corrected chi connectivity index (χ0v) is 12.8. The van der Waals surface area contributed by atoms with Crippen molar-refractivity contribution < 1.29 is 31.9 Å². The zero-order valence-electron chi connectivity index (χ0n) is 12.0. The second kappa shape index (κ2) is 6.61. The van der Waals surface area contributed by atoms with Gasteiger partial charge in [0.2, 0.25) is 9.84 Å². The van der Waals surface area contributed by atoms with Gasteiger partial charge in [-0.3, -0.25) is 4.79 Å². The van der Waals surface area contributed by atoms with Crippen LogP contribution in [0.5, 0.6) is 0 Å². The highest BCUT2D eigenvalue weighted by molar-refractivity contribution is 7.91. The van der Waals surface area contributed by atoms with Gasteiger partial charge < -0.3 is 10.0 Å². The van der Waals surface area contributed by atoms with Crippen molar-refractivity contribution in [2.45, 2.75) is 36.0 Å². The van der Waals surface area contributed by atoms with E-state index in [1.807, 2.05) is 0 Å². The van der Waals surface area contributed by atoms with Gasteiger partial charge in [0.1, 0.15) is 6.04 Å².